The first-order chi connectivity index (χ1) is 7.63. The zero-order valence-corrected chi connectivity index (χ0v) is 11.4. The molecule has 0 saturated carbocycles. The van der Waals surface area contributed by atoms with Gasteiger partial charge in [0, 0.05) is 35.3 Å². The molecule has 2 nitrogen and oxygen atoms in total. The third-order valence-electron chi connectivity index (χ3n) is 3.62. The number of nitrogens with zero attached hydrogens (tertiary/aromatic N) is 1. The van der Waals surface area contributed by atoms with E-state index in [1.807, 2.05) is 0 Å². The van der Waals surface area contributed by atoms with E-state index in [0.29, 0.717) is 18.6 Å². The van der Waals surface area contributed by atoms with E-state index in [-0.39, 0.29) is 0 Å². The van der Waals surface area contributed by atoms with Crippen molar-refractivity contribution in [2.45, 2.75) is 26.3 Å². The van der Waals surface area contributed by atoms with Crippen LogP contribution in [-0.2, 0) is 0 Å². The van der Waals surface area contributed by atoms with Crippen LogP contribution in [0, 0.1) is 12.8 Å². The van der Waals surface area contributed by atoms with Gasteiger partial charge in [0.1, 0.15) is 0 Å². The number of aliphatic hydroxyl groups excluding tert-OH is 1. The molecular weight excluding hydrogens is 266 g/mol. The number of rotatable bonds is 2. The fourth-order valence-corrected chi connectivity index (χ4v) is 3.00. The fraction of sp³-hybridized carbons (Fsp3) is 0.538. The van der Waals surface area contributed by atoms with E-state index in [0.717, 1.165) is 17.4 Å². The van der Waals surface area contributed by atoms with Crippen LogP contribution in [0.5, 0.6) is 0 Å². The van der Waals surface area contributed by atoms with Gasteiger partial charge in [-0.1, -0.05) is 15.9 Å². The second-order valence-electron chi connectivity index (χ2n) is 4.60. The number of aryl methyl sites for hydroxylation is 1. The second kappa shape index (κ2) is 4.76. The van der Waals surface area contributed by atoms with E-state index in [4.69, 9.17) is 0 Å². The molecule has 16 heavy (non-hydrogen) atoms. The Hall–Kier alpha value is -0.540. The van der Waals surface area contributed by atoms with Crippen LogP contribution in [0.25, 0.3) is 0 Å². The topological polar surface area (TPSA) is 23.5 Å². The molecular formula is C13H18BrNO. The van der Waals surface area contributed by atoms with Gasteiger partial charge in [-0.15, -0.1) is 0 Å². The molecule has 0 radical (unpaired) electrons. The highest BCUT2D eigenvalue weighted by Gasteiger charge is 2.30. The maximum atomic E-state index is 9.28. The number of anilines is 1. The van der Waals surface area contributed by atoms with E-state index < -0.39 is 0 Å². The summed E-state index contributed by atoms with van der Waals surface area (Å²) in [4.78, 5) is 2.41. The maximum absolute atomic E-state index is 9.28. The monoisotopic (exact) mass is 283 g/mol. The summed E-state index contributed by atoms with van der Waals surface area (Å²) in [6.45, 7) is 5.69. The molecule has 0 spiro atoms. The minimum atomic E-state index is 0.299. The molecule has 1 aliphatic heterocycles. The van der Waals surface area contributed by atoms with Gasteiger partial charge < -0.3 is 10.0 Å². The summed E-state index contributed by atoms with van der Waals surface area (Å²) in [5, 5.41) is 9.28. The summed E-state index contributed by atoms with van der Waals surface area (Å²) < 4.78 is 1.12. The summed E-state index contributed by atoms with van der Waals surface area (Å²) in [6.07, 6.45) is 1.09. The van der Waals surface area contributed by atoms with E-state index in [9.17, 15) is 5.11 Å². The van der Waals surface area contributed by atoms with Crippen LogP contribution in [-0.4, -0.2) is 24.3 Å². The molecule has 1 heterocycles. The van der Waals surface area contributed by atoms with Crippen LogP contribution in [0.1, 0.15) is 18.9 Å². The normalized spacial score (nSPS) is 25.1. The molecule has 1 aromatic carbocycles. The SMILES string of the molecule is Cc1cc(Br)ccc1N1CCC(CO)C1C. The lowest BCUT2D eigenvalue weighted by atomic mass is 10.0. The first kappa shape index (κ1) is 11.9. The molecule has 0 aliphatic carbocycles. The van der Waals surface area contributed by atoms with Gasteiger partial charge in [0.15, 0.2) is 0 Å². The Morgan fingerprint density at radius 1 is 1.50 bits per heavy atom. The van der Waals surface area contributed by atoms with Crippen molar-refractivity contribution in [3.63, 3.8) is 0 Å². The molecule has 0 bridgehead atoms. The number of hydrogen-bond acceptors (Lipinski definition) is 2. The van der Waals surface area contributed by atoms with Gasteiger partial charge in [0.05, 0.1) is 0 Å². The Balaban J connectivity index is 2.25. The Morgan fingerprint density at radius 2 is 2.25 bits per heavy atom. The number of aliphatic hydroxyl groups is 1. The predicted octanol–water partition coefficient (Wildman–Crippen LogP) is 2.96. The van der Waals surface area contributed by atoms with Crippen LogP contribution in [0.2, 0.25) is 0 Å². The molecule has 1 fully saturated rings. The van der Waals surface area contributed by atoms with Crippen LogP contribution in [0.4, 0.5) is 5.69 Å². The third kappa shape index (κ3) is 2.11. The fourth-order valence-electron chi connectivity index (χ4n) is 2.53. The molecule has 2 atom stereocenters. The van der Waals surface area contributed by atoms with E-state index in [2.05, 4.69) is 52.9 Å². The van der Waals surface area contributed by atoms with Crippen molar-refractivity contribution in [1.82, 2.24) is 0 Å². The minimum absolute atomic E-state index is 0.299. The van der Waals surface area contributed by atoms with Crippen molar-refractivity contribution in [2.24, 2.45) is 5.92 Å². The number of benzene rings is 1. The number of hydrogen-bond donors (Lipinski definition) is 1. The van der Waals surface area contributed by atoms with Gasteiger partial charge in [-0.25, -0.2) is 0 Å². The van der Waals surface area contributed by atoms with Crippen molar-refractivity contribution in [2.75, 3.05) is 18.1 Å². The van der Waals surface area contributed by atoms with Crippen LogP contribution >= 0.6 is 15.9 Å². The Labute approximate surface area is 105 Å². The van der Waals surface area contributed by atoms with Gasteiger partial charge >= 0.3 is 0 Å². The van der Waals surface area contributed by atoms with Crippen molar-refractivity contribution in [3.05, 3.63) is 28.2 Å². The van der Waals surface area contributed by atoms with Gasteiger partial charge in [-0.3, -0.25) is 0 Å². The average molecular weight is 284 g/mol. The largest absolute Gasteiger partial charge is 0.396 e. The Bertz CT molecular complexity index is 380. The lowest BCUT2D eigenvalue weighted by Crippen LogP contribution is -2.31. The molecule has 1 aliphatic rings. The smallest absolute Gasteiger partial charge is 0.0479 e. The Kier molecular flexibility index (Phi) is 3.55. The van der Waals surface area contributed by atoms with Gasteiger partial charge in [0.25, 0.3) is 0 Å². The molecule has 0 aromatic heterocycles. The maximum Gasteiger partial charge on any atom is 0.0479 e. The van der Waals surface area contributed by atoms with Crippen molar-refractivity contribution in [1.29, 1.82) is 0 Å². The predicted molar refractivity (Wildman–Crippen MR) is 70.9 cm³/mol. The lowest BCUT2D eigenvalue weighted by molar-refractivity contribution is 0.221. The van der Waals surface area contributed by atoms with Crippen LogP contribution in [0.3, 0.4) is 0 Å². The molecule has 2 rings (SSSR count). The van der Waals surface area contributed by atoms with Gasteiger partial charge in [-0.05, 0) is 44.0 Å². The summed E-state index contributed by atoms with van der Waals surface area (Å²) >= 11 is 3.49. The number of halogens is 1. The minimum Gasteiger partial charge on any atom is -0.396 e. The molecule has 88 valence electrons. The summed E-state index contributed by atoms with van der Waals surface area (Å²) in [5.74, 6) is 0.419. The highest BCUT2D eigenvalue weighted by atomic mass is 79.9. The lowest BCUT2D eigenvalue weighted by Gasteiger charge is -2.27. The average Bonchev–Trinajstić information content (AvgIpc) is 2.60. The first-order valence-electron chi connectivity index (χ1n) is 5.77. The Morgan fingerprint density at radius 3 is 2.81 bits per heavy atom. The third-order valence-corrected chi connectivity index (χ3v) is 4.11. The second-order valence-corrected chi connectivity index (χ2v) is 5.51. The van der Waals surface area contributed by atoms with Crippen LogP contribution in [0.15, 0.2) is 22.7 Å². The van der Waals surface area contributed by atoms with E-state index in [1.54, 1.807) is 0 Å². The summed E-state index contributed by atoms with van der Waals surface area (Å²) in [6, 6.07) is 6.83. The zero-order chi connectivity index (χ0) is 11.7. The zero-order valence-electron chi connectivity index (χ0n) is 9.78. The standard InChI is InChI=1S/C13H18BrNO/c1-9-7-12(14)3-4-13(9)15-6-5-11(8-16)10(15)2/h3-4,7,10-11,16H,5-6,8H2,1-2H3. The van der Waals surface area contributed by atoms with Crippen LogP contribution < -0.4 is 4.90 Å². The first-order valence-corrected chi connectivity index (χ1v) is 6.56. The van der Waals surface area contributed by atoms with Crippen molar-refractivity contribution in [3.8, 4) is 0 Å². The summed E-state index contributed by atoms with van der Waals surface area (Å²) in [7, 11) is 0. The molecule has 0 amide bonds. The van der Waals surface area contributed by atoms with E-state index in [1.165, 1.54) is 11.3 Å². The highest BCUT2D eigenvalue weighted by Crippen LogP contribution is 2.32. The highest BCUT2D eigenvalue weighted by molar-refractivity contribution is 9.10. The van der Waals surface area contributed by atoms with Crippen molar-refractivity contribution >= 4 is 21.6 Å². The molecule has 2 unspecified atom stereocenters. The van der Waals surface area contributed by atoms with Crippen molar-refractivity contribution < 1.29 is 5.11 Å². The van der Waals surface area contributed by atoms with Gasteiger partial charge in [-0.2, -0.15) is 0 Å². The molecule has 1 aromatic rings. The molecule has 3 heteroatoms. The van der Waals surface area contributed by atoms with Gasteiger partial charge in [0.2, 0.25) is 0 Å². The molecule has 1 saturated heterocycles. The van der Waals surface area contributed by atoms with E-state index >= 15 is 0 Å². The quantitative estimate of drug-likeness (QED) is 0.902. The summed E-state index contributed by atoms with van der Waals surface area (Å²) in [5.41, 5.74) is 2.59. The molecule has 1 N–H and O–H groups in total.